The third-order valence-electron chi connectivity index (χ3n) is 1.62. The average molecular weight is 294 g/mol. The minimum Gasteiger partial charge on any atom is -0.353 e. The maximum absolute atomic E-state index is 5.90. The van der Waals surface area contributed by atoms with Crippen molar-refractivity contribution in [1.29, 1.82) is 0 Å². The van der Waals surface area contributed by atoms with Gasteiger partial charge in [-0.1, -0.05) is 39.2 Å². The Morgan fingerprint density at radius 1 is 1.31 bits per heavy atom. The molecular formula is C7H8ClN5S3. The van der Waals surface area contributed by atoms with Crippen molar-refractivity contribution in [2.75, 3.05) is 19.0 Å². The Morgan fingerprint density at radius 2 is 2.12 bits per heavy atom. The standard InChI is InChI=1S/C7H8ClN5S3/c1-13(2)6-10-11-7(15-6)14-3-4-5(8)16-12-9-4/h3H2,1-2H3. The van der Waals surface area contributed by atoms with Gasteiger partial charge in [0.15, 0.2) is 4.34 Å². The summed E-state index contributed by atoms with van der Waals surface area (Å²) in [6.07, 6.45) is 0. The normalized spacial score (nSPS) is 10.7. The molecule has 2 aromatic heterocycles. The summed E-state index contributed by atoms with van der Waals surface area (Å²) in [6, 6.07) is 0. The summed E-state index contributed by atoms with van der Waals surface area (Å²) in [7, 11) is 3.88. The minimum absolute atomic E-state index is 0.643. The molecule has 0 saturated heterocycles. The Balaban J connectivity index is 1.97. The molecule has 0 N–H and O–H groups in total. The van der Waals surface area contributed by atoms with Crippen molar-refractivity contribution < 1.29 is 0 Å². The van der Waals surface area contributed by atoms with Crippen molar-refractivity contribution >= 4 is 51.4 Å². The Bertz CT molecular complexity index is 468. The minimum atomic E-state index is 0.643. The van der Waals surface area contributed by atoms with Gasteiger partial charge in [0.25, 0.3) is 0 Å². The molecule has 0 saturated carbocycles. The van der Waals surface area contributed by atoms with E-state index >= 15 is 0 Å². The van der Waals surface area contributed by atoms with Crippen molar-refractivity contribution in [2.45, 2.75) is 10.1 Å². The van der Waals surface area contributed by atoms with Crippen LogP contribution in [0.5, 0.6) is 0 Å². The molecular weight excluding hydrogens is 286 g/mol. The van der Waals surface area contributed by atoms with Crippen molar-refractivity contribution in [3.05, 3.63) is 10.0 Å². The Morgan fingerprint density at radius 3 is 2.69 bits per heavy atom. The molecule has 16 heavy (non-hydrogen) atoms. The highest BCUT2D eigenvalue weighted by Gasteiger charge is 2.10. The van der Waals surface area contributed by atoms with Crippen LogP contribution in [0.2, 0.25) is 4.34 Å². The number of hydrogen-bond donors (Lipinski definition) is 0. The van der Waals surface area contributed by atoms with Gasteiger partial charge in [-0.2, -0.15) is 0 Å². The quantitative estimate of drug-likeness (QED) is 0.807. The van der Waals surface area contributed by atoms with E-state index in [0.29, 0.717) is 10.1 Å². The van der Waals surface area contributed by atoms with E-state index in [4.69, 9.17) is 11.6 Å². The van der Waals surface area contributed by atoms with Gasteiger partial charge < -0.3 is 4.90 Å². The molecule has 0 aliphatic heterocycles. The van der Waals surface area contributed by atoms with E-state index in [1.165, 1.54) is 11.5 Å². The largest absolute Gasteiger partial charge is 0.353 e. The first-order chi connectivity index (χ1) is 7.66. The van der Waals surface area contributed by atoms with Gasteiger partial charge in [-0.15, -0.1) is 15.3 Å². The summed E-state index contributed by atoms with van der Waals surface area (Å²) in [5, 5.41) is 12.9. The zero-order valence-electron chi connectivity index (χ0n) is 8.55. The molecule has 86 valence electrons. The molecule has 0 atom stereocenters. The lowest BCUT2D eigenvalue weighted by molar-refractivity contribution is 0.971. The predicted octanol–water partition coefficient (Wildman–Crippen LogP) is 2.40. The lowest BCUT2D eigenvalue weighted by atomic mass is 10.6. The second-order valence-electron chi connectivity index (χ2n) is 3.03. The maximum Gasteiger partial charge on any atom is 0.208 e. The number of nitrogens with zero attached hydrogens (tertiary/aromatic N) is 5. The fraction of sp³-hybridized carbons (Fsp3) is 0.429. The van der Waals surface area contributed by atoms with Gasteiger partial charge in [0, 0.05) is 31.4 Å². The SMILES string of the molecule is CN(C)c1nnc(SCc2nnsc2Cl)s1. The molecule has 2 rings (SSSR count). The van der Waals surface area contributed by atoms with Crippen LogP contribution < -0.4 is 4.90 Å². The number of thioether (sulfide) groups is 1. The molecule has 2 heterocycles. The van der Waals surface area contributed by atoms with E-state index in [2.05, 4.69) is 19.8 Å². The highest BCUT2D eigenvalue weighted by molar-refractivity contribution is 8.00. The smallest absolute Gasteiger partial charge is 0.208 e. The van der Waals surface area contributed by atoms with Crippen molar-refractivity contribution in [2.24, 2.45) is 0 Å². The lowest BCUT2D eigenvalue weighted by Crippen LogP contribution is -2.07. The van der Waals surface area contributed by atoms with Crippen molar-refractivity contribution in [3.63, 3.8) is 0 Å². The van der Waals surface area contributed by atoms with E-state index < -0.39 is 0 Å². The van der Waals surface area contributed by atoms with E-state index in [9.17, 15) is 0 Å². The third-order valence-corrected chi connectivity index (χ3v) is 4.84. The molecule has 0 bridgehead atoms. The first-order valence-electron chi connectivity index (χ1n) is 4.27. The Kier molecular flexibility index (Phi) is 3.95. The molecule has 2 aromatic rings. The Labute approximate surface area is 110 Å². The Hall–Kier alpha value is -0.440. The van der Waals surface area contributed by atoms with Crippen molar-refractivity contribution in [3.8, 4) is 0 Å². The third kappa shape index (κ3) is 2.82. The topological polar surface area (TPSA) is 54.8 Å². The van der Waals surface area contributed by atoms with Crippen LogP contribution in [-0.4, -0.2) is 33.9 Å². The number of hydrogen-bond acceptors (Lipinski definition) is 8. The van der Waals surface area contributed by atoms with Crippen LogP contribution in [0.25, 0.3) is 0 Å². The van der Waals surface area contributed by atoms with E-state index in [0.717, 1.165) is 15.2 Å². The van der Waals surface area contributed by atoms with Gasteiger partial charge in [0.2, 0.25) is 5.13 Å². The van der Waals surface area contributed by atoms with E-state index in [1.54, 1.807) is 23.1 Å². The number of aromatic nitrogens is 4. The molecule has 0 aromatic carbocycles. The maximum atomic E-state index is 5.90. The van der Waals surface area contributed by atoms with Crippen LogP contribution >= 0.6 is 46.2 Å². The number of halogens is 1. The highest BCUT2D eigenvalue weighted by Crippen LogP contribution is 2.31. The molecule has 0 spiro atoms. The molecule has 5 nitrogen and oxygen atoms in total. The monoisotopic (exact) mass is 293 g/mol. The van der Waals surface area contributed by atoms with Gasteiger partial charge in [-0.3, -0.25) is 0 Å². The van der Waals surface area contributed by atoms with Gasteiger partial charge in [0.1, 0.15) is 10.0 Å². The van der Waals surface area contributed by atoms with Crippen LogP contribution in [0, 0.1) is 0 Å². The average Bonchev–Trinajstić information content (AvgIpc) is 2.83. The summed E-state index contributed by atoms with van der Waals surface area (Å²) in [4.78, 5) is 1.93. The zero-order valence-corrected chi connectivity index (χ0v) is 11.8. The number of anilines is 1. The van der Waals surface area contributed by atoms with Crippen LogP contribution in [0.1, 0.15) is 5.69 Å². The second-order valence-corrected chi connectivity index (χ2v) is 6.56. The fourth-order valence-corrected chi connectivity index (χ4v) is 3.35. The molecule has 0 aliphatic carbocycles. The lowest BCUT2D eigenvalue weighted by Gasteiger charge is -2.03. The van der Waals surface area contributed by atoms with Crippen molar-refractivity contribution in [1.82, 2.24) is 19.8 Å². The second kappa shape index (κ2) is 5.26. The molecule has 0 fully saturated rings. The van der Waals surface area contributed by atoms with Gasteiger partial charge in [-0.25, -0.2) is 0 Å². The molecule has 0 radical (unpaired) electrons. The van der Waals surface area contributed by atoms with E-state index in [-0.39, 0.29) is 0 Å². The van der Waals surface area contributed by atoms with Crippen LogP contribution in [0.4, 0.5) is 5.13 Å². The van der Waals surface area contributed by atoms with Gasteiger partial charge in [-0.05, 0) is 0 Å². The highest BCUT2D eigenvalue weighted by atomic mass is 35.5. The summed E-state index contributed by atoms with van der Waals surface area (Å²) < 4.78 is 5.33. The summed E-state index contributed by atoms with van der Waals surface area (Å²) in [6.45, 7) is 0. The summed E-state index contributed by atoms with van der Waals surface area (Å²) >= 11 is 10.2. The number of rotatable bonds is 4. The summed E-state index contributed by atoms with van der Waals surface area (Å²) in [5.41, 5.74) is 0.804. The fourth-order valence-electron chi connectivity index (χ4n) is 0.855. The first-order valence-corrected chi connectivity index (χ1v) is 7.22. The van der Waals surface area contributed by atoms with Crippen LogP contribution in [0.15, 0.2) is 4.34 Å². The van der Waals surface area contributed by atoms with Gasteiger partial charge in [0.05, 0.1) is 0 Å². The van der Waals surface area contributed by atoms with E-state index in [1.807, 2.05) is 19.0 Å². The summed E-state index contributed by atoms with van der Waals surface area (Å²) in [5.74, 6) is 0.678. The molecule has 0 amide bonds. The zero-order chi connectivity index (χ0) is 11.5. The molecule has 0 aliphatic rings. The first kappa shape index (κ1) is 12.0. The molecule has 0 unspecified atom stereocenters. The van der Waals surface area contributed by atoms with Crippen LogP contribution in [-0.2, 0) is 5.75 Å². The van der Waals surface area contributed by atoms with Gasteiger partial charge >= 0.3 is 0 Å². The van der Waals surface area contributed by atoms with Crippen LogP contribution in [0.3, 0.4) is 0 Å². The molecule has 9 heteroatoms. The predicted molar refractivity (Wildman–Crippen MR) is 68.7 cm³/mol.